The van der Waals surface area contributed by atoms with Crippen molar-refractivity contribution in [1.29, 1.82) is 0 Å². The van der Waals surface area contributed by atoms with Crippen LogP contribution in [0.15, 0.2) is 36.7 Å². The minimum Gasteiger partial charge on any atom is -0.306 e. The highest BCUT2D eigenvalue weighted by atomic mass is 15.1. The Kier molecular flexibility index (Phi) is 4.48. The zero-order chi connectivity index (χ0) is 22.4. The molecule has 5 aliphatic rings. The summed E-state index contributed by atoms with van der Waals surface area (Å²) in [6.45, 7) is 2.72. The van der Waals surface area contributed by atoms with Crippen molar-refractivity contribution in [1.82, 2.24) is 9.88 Å². The van der Waals surface area contributed by atoms with Crippen molar-refractivity contribution < 1.29 is 0 Å². The summed E-state index contributed by atoms with van der Waals surface area (Å²) < 4.78 is 0. The van der Waals surface area contributed by atoms with E-state index in [-0.39, 0.29) is 0 Å². The van der Waals surface area contributed by atoms with E-state index in [0.29, 0.717) is 16.2 Å². The lowest BCUT2D eigenvalue weighted by atomic mass is 9.44. The molecule has 176 valence electrons. The Morgan fingerprint density at radius 1 is 0.909 bits per heavy atom. The van der Waals surface area contributed by atoms with Crippen LogP contribution in [0, 0.1) is 34.0 Å². The summed E-state index contributed by atoms with van der Waals surface area (Å²) in [5.41, 5.74) is 3.42. The second kappa shape index (κ2) is 7.06. The Labute approximate surface area is 200 Å². The quantitative estimate of drug-likeness (QED) is 0.480. The number of pyridine rings is 1. The Morgan fingerprint density at radius 3 is 2.70 bits per heavy atom. The third-order valence-corrected chi connectivity index (χ3v) is 12.4. The van der Waals surface area contributed by atoms with Crippen LogP contribution in [-0.4, -0.2) is 30.0 Å². The van der Waals surface area contributed by atoms with E-state index in [1.54, 1.807) is 24.8 Å². The molecular formula is C31H42N2. The largest absolute Gasteiger partial charge is 0.306 e. The normalized spacial score (nSPS) is 46.2. The summed E-state index contributed by atoms with van der Waals surface area (Å²) in [6.07, 6.45) is 20.5. The van der Waals surface area contributed by atoms with Gasteiger partial charge in [-0.05, 0) is 148 Å². The maximum Gasteiger partial charge on any atom is 0.0346 e. The van der Waals surface area contributed by atoms with Gasteiger partial charge < -0.3 is 4.90 Å². The number of fused-ring (bicyclic) bond motifs is 2. The predicted molar refractivity (Wildman–Crippen MR) is 136 cm³/mol. The first-order valence-corrected chi connectivity index (χ1v) is 13.9. The third-order valence-electron chi connectivity index (χ3n) is 12.4. The van der Waals surface area contributed by atoms with Gasteiger partial charge in [0.15, 0.2) is 0 Å². The van der Waals surface area contributed by atoms with Gasteiger partial charge in [-0.2, -0.15) is 0 Å². The lowest BCUT2D eigenvalue weighted by molar-refractivity contribution is -0.115. The summed E-state index contributed by atoms with van der Waals surface area (Å²) in [5.74, 6) is 3.73. The van der Waals surface area contributed by atoms with E-state index in [9.17, 15) is 0 Å². The minimum atomic E-state index is 0.486. The van der Waals surface area contributed by atoms with Gasteiger partial charge >= 0.3 is 0 Å². The smallest absolute Gasteiger partial charge is 0.0346 e. The summed E-state index contributed by atoms with van der Waals surface area (Å²) >= 11 is 0. The van der Waals surface area contributed by atoms with Gasteiger partial charge in [0.1, 0.15) is 0 Å². The van der Waals surface area contributed by atoms with Gasteiger partial charge in [0.2, 0.25) is 0 Å². The van der Waals surface area contributed by atoms with Gasteiger partial charge in [-0.25, -0.2) is 0 Å². The molecule has 0 radical (unpaired) electrons. The van der Waals surface area contributed by atoms with Crippen molar-refractivity contribution in [2.45, 2.75) is 89.5 Å². The molecule has 2 unspecified atom stereocenters. The average molecular weight is 443 g/mol. The highest BCUT2D eigenvalue weighted by Gasteiger charge is 2.68. The fourth-order valence-corrected chi connectivity index (χ4v) is 10.9. The highest BCUT2D eigenvalue weighted by molar-refractivity contribution is 5.82. The molecule has 2 heteroatoms. The van der Waals surface area contributed by atoms with Crippen molar-refractivity contribution >= 4 is 10.8 Å². The zero-order valence-electron chi connectivity index (χ0n) is 21.0. The maximum atomic E-state index is 4.42. The predicted octanol–water partition coefficient (Wildman–Crippen LogP) is 7.44. The number of hydrogen-bond acceptors (Lipinski definition) is 2. The molecule has 7 rings (SSSR count). The first-order valence-electron chi connectivity index (χ1n) is 13.9. The molecule has 2 nitrogen and oxygen atoms in total. The van der Waals surface area contributed by atoms with Gasteiger partial charge in [0, 0.05) is 23.8 Å². The van der Waals surface area contributed by atoms with Crippen LogP contribution in [0.5, 0.6) is 0 Å². The Balaban J connectivity index is 1.23. The maximum absolute atomic E-state index is 4.42. The van der Waals surface area contributed by atoms with Gasteiger partial charge in [0.05, 0.1) is 0 Å². The first-order chi connectivity index (χ1) is 15.9. The monoisotopic (exact) mass is 442 g/mol. The van der Waals surface area contributed by atoms with Crippen LogP contribution < -0.4 is 0 Å². The van der Waals surface area contributed by atoms with Crippen LogP contribution in [0.25, 0.3) is 10.8 Å². The van der Waals surface area contributed by atoms with Crippen LogP contribution in [0.1, 0.15) is 89.0 Å². The Morgan fingerprint density at radius 2 is 1.82 bits per heavy atom. The second-order valence-corrected chi connectivity index (χ2v) is 13.5. The number of benzene rings is 1. The van der Waals surface area contributed by atoms with Crippen LogP contribution in [0.3, 0.4) is 0 Å². The molecule has 2 aromatic rings. The van der Waals surface area contributed by atoms with Gasteiger partial charge in [-0.15, -0.1) is 0 Å². The molecule has 1 heterocycles. The number of nitrogens with zero attached hydrogens (tertiary/aromatic N) is 2. The average Bonchev–Trinajstić information content (AvgIpc) is 3.33. The fourth-order valence-electron chi connectivity index (χ4n) is 10.9. The summed E-state index contributed by atoms with van der Waals surface area (Å²) in [7, 11) is 4.66. The molecule has 5 fully saturated rings. The Hall–Kier alpha value is -1.41. The van der Waals surface area contributed by atoms with Crippen LogP contribution in [0.4, 0.5) is 0 Å². The molecule has 1 aromatic heterocycles. The van der Waals surface area contributed by atoms with E-state index in [1.165, 1.54) is 62.1 Å². The van der Waals surface area contributed by atoms with E-state index >= 15 is 0 Å². The molecule has 1 aromatic carbocycles. The number of hydrogen-bond donors (Lipinski definition) is 0. The van der Waals surface area contributed by atoms with E-state index in [0.717, 1.165) is 29.7 Å². The van der Waals surface area contributed by atoms with Gasteiger partial charge in [-0.1, -0.05) is 19.1 Å². The molecule has 8 atom stereocenters. The van der Waals surface area contributed by atoms with Crippen LogP contribution in [0.2, 0.25) is 0 Å². The lowest BCUT2D eigenvalue weighted by Crippen LogP contribution is -2.54. The second-order valence-electron chi connectivity index (χ2n) is 13.5. The Bertz CT molecular complexity index is 1080. The standard InChI is InChI=1S/C31H42N2/c1-29-12-10-25-17-24-6-7-26(33(2)3)18-30(24)13-14-31(25,20-30)28(29)9-8-27(29)22-5-4-21-11-15-32-19-23(21)16-22/h4-5,11,15-16,19,24-28H,6-10,12-14,17-18,20H2,1-3H3/t24?,25?,26-,27-,28-,29-,30+,31-/m1/s1. The zero-order valence-corrected chi connectivity index (χ0v) is 21.0. The molecule has 5 saturated carbocycles. The molecular weight excluding hydrogens is 400 g/mol. The number of aromatic nitrogens is 1. The van der Waals surface area contributed by atoms with Crippen LogP contribution in [-0.2, 0) is 0 Å². The van der Waals surface area contributed by atoms with Crippen molar-refractivity contribution in [2.75, 3.05) is 14.1 Å². The van der Waals surface area contributed by atoms with E-state index in [2.05, 4.69) is 61.4 Å². The fraction of sp³-hybridized carbons (Fsp3) is 0.710. The molecule has 33 heavy (non-hydrogen) atoms. The van der Waals surface area contributed by atoms with Crippen molar-refractivity contribution in [3.63, 3.8) is 0 Å². The first kappa shape index (κ1) is 20.9. The summed E-state index contributed by atoms with van der Waals surface area (Å²) in [5, 5.41) is 2.66. The molecule has 0 N–H and O–H groups in total. The van der Waals surface area contributed by atoms with Gasteiger partial charge in [0.25, 0.3) is 0 Å². The SMILES string of the molecule is CN(C)[C@@H]1CCC2CC3CC[C@]4(C)[C@@H](c5ccc6ccncc6c5)CC[C@H]4[C@@]34CC[C@]2(C1)C4. The van der Waals surface area contributed by atoms with Gasteiger partial charge in [-0.3, -0.25) is 4.98 Å². The van der Waals surface area contributed by atoms with E-state index < -0.39 is 0 Å². The third kappa shape index (κ3) is 2.79. The van der Waals surface area contributed by atoms with E-state index in [4.69, 9.17) is 0 Å². The lowest BCUT2D eigenvalue weighted by Gasteiger charge is -2.61. The topological polar surface area (TPSA) is 16.1 Å². The van der Waals surface area contributed by atoms with Crippen molar-refractivity contribution in [3.05, 3.63) is 42.2 Å². The summed E-state index contributed by atoms with van der Waals surface area (Å²) in [6, 6.07) is 10.3. The molecule has 5 aliphatic carbocycles. The molecule has 0 aliphatic heterocycles. The minimum absolute atomic E-state index is 0.486. The molecule has 2 spiro atoms. The van der Waals surface area contributed by atoms with E-state index in [1.807, 2.05) is 6.20 Å². The van der Waals surface area contributed by atoms with Crippen molar-refractivity contribution in [2.24, 2.45) is 34.0 Å². The van der Waals surface area contributed by atoms with Crippen molar-refractivity contribution in [3.8, 4) is 0 Å². The molecule has 0 amide bonds. The number of rotatable bonds is 2. The molecule has 2 bridgehead atoms. The molecule has 0 saturated heterocycles. The van der Waals surface area contributed by atoms with Crippen LogP contribution >= 0.6 is 0 Å². The highest BCUT2D eigenvalue weighted by Crippen LogP contribution is 2.77. The summed E-state index contributed by atoms with van der Waals surface area (Å²) in [4.78, 5) is 6.96.